The van der Waals surface area contributed by atoms with Crippen LogP contribution >= 0.6 is 0 Å². The Labute approximate surface area is 172 Å². The van der Waals surface area contributed by atoms with Crippen molar-refractivity contribution in [1.29, 1.82) is 0 Å². The van der Waals surface area contributed by atoms with Gasteiger partial charge in [-0.05, 0) is 67.2 Å². The molecule has 0 aliphatic heterocycles. The van der Waals surface area contributed by atoms with E-state index < -0.39 is 11.2 Å². The molecule has 0 unspecified atom stereocenters. The smallest absolute Gasteiger partial charge is 0.410 e. The zero-order valence-electron chi connectivity index (χ0n) is 19.6. The van der Waals surface area contributed by atoms with E-state index in [0.29, 0.717) is 26.2 Å². The zero-order chi connectivity index (χ0) is 21.8. The lowest BCUT2D eigenvalue weighted by atomic mass is 10.2. The van der Waals surface area contributed by atoms with Gasteiger partial charge in [-0.2, -0.15) is 0 Å². The van der Waals surface area contributed by atoms with Gasteiger partial charge in [0.05, 0.1) is 0 Å². The number of carbonyl (C=O) groups is 2. The molecule has 0 aliphatic rings. The van der Waals surface area contributed by atoms with E-state index in [0.717, 1.165) is 38.5 Å². The third-order valence-corrected chi connectivity index (χ3v) is 3.97. The molecule has 0 aromatic heterocycles. The Morgan fingerprint density at radius 3 is 1.14 bits per heavy atom. The summed E-state index contributed by atoms with van der Waals surface area (Å²) in [5, 5.41) is 0. The van der Waals surface area contributed by atoms with E-state index in [-0.39, 0.29) is 12.2 Å². The second-order valence-corrected chi connectivity index (χ2v) is 9.35. The molecule has 0 heterocycles. The predicted molar refractivity (Wildman–Crippen MR) is 115 cm³/mol. The van der Waals surface area contributed by atoms with E-state index in [2.05, 4.69) is 13.8 Å². The van der Waals surface area contributed by atoms with Crippen molar-refractivity contribution in [3.8, 4) is 0 Å². The molecule has 0 saturated heterocycles. The van der Waals surface area contributed by atoms with Crippen LogP contribution in [-0.4, -0.2) is 59.4 Å². The van der Waals surface area contributed by atoms with Gasteiger partial charge < -0.3 is 19.3 Å². The number of hydrogen-bond acceptors (Lipinski definition) is 4. The molecule has 6 nitrogen and oxygen atoms in total. The first-order valence-corrected chi connectivity index (χ1v) is 10.9. The molecule has 0 aromatic carbocycles. The van der Waals surface area contributed by atoms with Gasteiger partial charge in [0.25, 0.3) is 0 Å². The Morgan fingerprint density at radius 2 is 0.893 bits per heavy atom. The number of amides is 2. The minimum atomic E-state index is -0.491. The Balaban J connectivity index is 4.63. The molecule has 28 heavy (non-hydrogen) atoms. The van der Waals surface area contributed by atoms with Gasteiger partial charge in [0.2, 0.25) is 0 Å². The van der Waals surface area contributed by atoms with Crippen molar-refractivity contribution >= 4 is 12.2 Å². The Morgan fingerprint density at radius 1 is 0.607 bits per heavy atom. The maximum absolute atomic E-state index is 12.4. The quantitative estimate of drug-likeness (QED) is 0.409. The van der Waals surface area contributed by atoms with Crippen molar-refractivity contribution in [1.82, 2.24) is 9.80 Å². The maximum atomic E-state index is 12.4. The van der Waals surface area contributed by atoms with Gasteiger partial charge in [-0.3, -0.25) is 0 Å². The molecule has 166 valence electrons. The van der Waals surface area contributed by atoms with Gasteiger partial charge in [-0.1, -0.05) is 26.7 Å². The van der Waals surface area contributed by atoms with E-state index >= 15 is 0 Å². The van der Waals surface area contributed by atoms with Crippen LogP contribution < -0.4 is 0 Å². The highest BCUT2D eigenvalue weighted by Crippen LogP contribution is 2.13. The summed E-state index contributed by atoms with van der Waals surface area (Å²) in [7, 11) is 0. The molecular weight excluding hydrogens is 356 g/mol. The molecule has 0 aromatic rings. The summed E-state index contributed by atoms with van der Waals surface area (Å²) >= 11 is 0. The Bertz CT molecular complexity index is 410. The standard InChI is InChI=1S/C22H44N2O4/c1-9-11-15-23(19(25)27-21(3,4)5)17-13-14-18-24(16-12-10-2)20(26)28-22(6,7)8/h9-18H2,1-8H3. The molecule has 0 fully saturated rings. The summed E-state index contributed by atoms with van der Waals surface area (Å²) < 4.78 is 11.0. The minimum absolute atomic E-state index is 0.254. The molecule has 0 aliphatic carbocycles. The largest absolute Gasteiger partial charge is 0.444 e. The van der Waals surface area contributed by atoms with Crippen LogP contribution in [0.25, 0.3) is 0 Å². The van der Waals surface area contributed by atoms with Gasteiger partial charge in [0.15, 0.2) is 0 Å². The molecule has 0 saturated carbocycles. The minimum Gasteiger partial charge on any atom is -0.444 e. The second kappa shape index (κ2) is 12.9. The summed E-state index contributed by atoms with van der Waals surface area (Å²) in [6.07, 6.45) is 5.13. The Hall–Kier alpha value is -1.46. The number of ether oxygens (including phenoxy) is 2. The van der Waals surface area contributed by atoms with Crippen LogP contribution in [0.5, 0.6) is 0 Å². The van der Waals surface area contributed by atoms with Crippen LogP contribution in [0.2, 0.25) is 0 Å². The number of unbranched alkanes of at least 4 members (excludes halogenated alkanes) is 3. The lowest BCUT2D eigenvalue weighted by molar-refractivity contribution is 0.0207. The van der Waals surface area contributed by atoms with Crippen LogP contribution in [0.1, 0.15) is 93.9 Å². The average molecular weight is 401 g/mol. The SMILES string of the molecule is CCCCN(CCCCN(CCCC)C(=O)OC(C)(C)C)C(=O)OC(C)(C)C. The molecular formula is C22H44N2O4. The van der Waals surface area contributed by atoms with Crippen molar-refractivity contribution in [3.05, 3.63) is 0 Å². The number of hydrogen-bond donors (Lipinski definition) is 0. The molecule has 0 rings (SSSR count). The van der Waals surface area contributed by atoms with Gasteiger partial charge >= 0.3 is 12.2 Å². The van der Waals surface area contributed by atoms with Gasteiger partial charge in [-0.15, -0.1) is 0 Å². The van der Waals surface area contributed by atoms with Crippen molar-refractivity contribution < 1.29 is 19.1 Å². The van der Waals surface area contributed by atoms with Crippen molar-refractivity contribution in [2.75, 3.05) is 26.2 Å². The fourth-order valence-electron chi connectivity index (χ4n) is 2.54. The summed E-state index contributed by atoms with van der Waals surface area (Å²) in [6, 6.07) is 0. The van der Waals surface area contributed by atoms with Crippen LogP contribution in [-0.2, 0) is 9.47 Å². The fraction of sp³-hybridized carbons (Fsp3) is 0.909. The summed E-state index contributed by atoms with van der Waals surface area (Å²) in [6.45, 7) is 18.2. The normalized spacial score (nSPS) is 11.9. The number of rotatable bonds is 11. The van der Waals surface area contributed by atoms with Crippen molar-refractivity contribution in [2.45, 2.75) is 105 Å². The molecule has 0 atom stereocenters. The molecule has 0 radical (unpaired) electrons. The summed E-state index contributed by atoms with van der Waals surface area (Å²) in [5.41, 5.74) is -0.982. The van der Waals surface area contributed by atoms with E-state index in [1.165, 1.54) is 0 Å². The molecule has 6 heteroatoms. The summed E-state index contributed by atoms with van der Waals surface area (Å²) in [4.78, 5) is 28.4. The van der Waals surface area contributed by atoms with E-state index in [1.807, 2.05) is 41.5 Å². The molecule has 2 amide bonds. The van der Waals surface area contributed by atoms with E-state index in [1.54, 1.807) is 9.80 Å². The van der Waals surface area contributed by atoms with Crippen LogP contribution in [0.3, 0.4) is 0 Å². The predicted octanol–water partition coefficient (Wildman–Crippen LogP) is 5.84. The molecule has 0 spiro atoms. The number of carbonyl (C=O) groups excluding carboxylic acids is 2. The monoisotopic (exact) mass is 400 g/mol. The van der Waals surface area contributed by atoms with Crippen molar-refractivity contribution in [2.24, 2.45) is 0 Å². The van der Waals surface area contributed by atoms with E-state index in [9.17, 15) is 9.59 Å². The van der Waals surface area contributed by atoms with Gasteiger partial charge in [0.1, 0.15) is 11.2 Å². The maximum Gasteiger partial charge on any atom is 0.410 e. The third kappa shape index (κ3) is 13.7. The topological polar surface area (TPSA) is 59.1 Å². The summed E-state index contributed by atoms with van der Waals surface area (Å²) in [5.74, 6) is 0. The average Bonchev–Trinajstić information content (AvgIpc) is 2.53. The van der Waals surface area contributed by atoms with Crippen LogP contribution in [0, 0.1) is 0 Å². The number of nitrogens with zero attached hydrogens (tertiary/aromatic N) is 2. The molecule has 0 bridgehead atoms. The zero-order valence-corrected chi connectivity index (χ0v) is 19.6. The highest BCUT2D eigenvalue weighted by molar-refractivity contribution is 5.68. The van der Waals surface area contributed by atoms with Crippen LogP contribution in [0.15, 0.2) is 0 Å². The lowest BCUT2D eigenvalue weighted by Gasteiger charge is -2.29. The van der Waals surface area contributed by atoms with Crippen molar-refractivity contribution in [3.63, 3.8) is 0 Å². The van der Waals surface area contributed by atoms with Gasteiger partial charge in [0, 0.05) is 26.2 Å². The highest BCUT2D eigenvalue weighted by Gasteiger charge is 2.23. The van der Waals surface area contributed by atoms with E-state index in [4.69, 9.17) is 9.47 Å². The van der Waals surface area contributed by atoms with Gasteiger partial charge in [-0.25, -0.2) is 9.59 Å². The Kier molecular flexibility index (Phi) is 12.2. The second-order valence-electron chi connectivity index (χ2n) is 9.35. The highest BCUT2D eigenvalue weighted by atomic mass is 16.6. The third-order valence-electron chi connectivity index (χ3n) is 3.97. The first-order valence-electron chi connectivity index (χ1n) is 10.9. The van der Waals surface area contributed by atoms with Crippen LogP contribution in [0.4, 0.5) is 9.59 Å². The fourth-order valence-corrected chi connectivity index (χ4v) is 2.54. The molecule has 0 N–H and O–H groups in total. The first kappa shape index (κ1) is 26.5. The lowest BCUT2D eigenvalue weighted by Crippen LogP contribution is -2.39. The first-order chi connectivity index (χ1) is 12.9.